The minimum atomic E-state index is 0.208. The van der Waals surface area contributed by atoms with Crippen molar-refractivity contribution in [2.24, 2.45) is 0 Å². The first-order valence-electron chi connectivity index (χ1n) is 8.26. The number of hydrogen-bond acceptors (Lipinski definition) is 2. The van der Waals surface area contributed by atoms with Crippen molar-refractivity contribution >= 4 is 15.0 Å². The Morgan fingerprint density at radius 2 is 1.09 bits per heavy atom. The second-order valence-electron chi connectivity index (χ2n) is 5.25. The first-order chi connectivity index (χ1) is 11.3. The zero-order valence-corrected chi connectivity index (χ0v) is 15.7. The van der Waals surface area contributed by atoms with Gasteiger partial charge < -0.3 is 0 Å². The van der Waals surface area contributed by atoms with E-state index in [9.17, 15) is 0 Å². The second kappa shape index (κ2) is 10.6. The molecule has 3 heteroatoms. The molecule has 2 aromatic carbocycles. The maximum atomic E-state index is 5.95. The summed E-state index contributed by atoms with van der Waals surface area (Å²) in [6, 6.07) is 21.1. The third kappa shape index (κ3) is 6.12. The van der Waals surface area contributed by atoms with Gasteiger partial charge in [-0.25, -0.2) is 0 Å². The minimum absolute atomic E-state index is 0.208. The predicted molar refractivity (Wildman–Crippen MR) is 97.0 cm³/mol. The summed E-state index contributed by atoms with van der Waals surface area (Å²) >= 11 is 0.478. The van der Waals surface area contributed by atoms with E-state index < -0.39 is 0 Å². The monoisotopic (exact) mass is 378 g/mol. The van der Waals surface area contributed by atoms with Crippen LogP contribution >= 0.6 is 0 Å². The van der Waals surface area contributed by atoms with Crippen molar-refractivity contribution in [2.75, 3.05) is 13.2 Å². The van der Waals surface area contributed by atoms with Crippen LogP contribution in [0, 0.1) is 0 Å². The molecule has 0 radical (unpaired) electrons. The average Bonchev–Trinajstić information content (AvgIpc) is 2.61. The van der Waals surface area contributed by atoms with Crippen molar-refractivity contribution in [3.8, 4) is 0 Å². The second-order valence-corrected chi connectivity index (χ2v) is 7.50. The first-order valence-corrected chi connectivity index (χ1v) is 10.7. The fourth-order valence-electron chi connectivity index (χ4n) is 2.50. The van der Waals surface area contributed by atoms with Gasteiger partial charge in [0.1, 0.15) is 0 Å². The predicted octanol–water partition coefficient (Wildman–Crippen LogP) is 5.08. The van der Waals surface area contributed by atoms with Crippen molar-refractivity contribution in [1.29, 1.82) is 0 Å². The molecule has 0 aliphatic rings. The van der Waals surface area contributed by atoms with Gasteiger partial charge in [-0.05, 0) is 0 Å². The van der Waals surface area contributed by atoms with Crippen molar-refractivity contribution in [2.45, 2.75) is 36.7 Å². The van der Waals surface area contributed by atoms with E-state index in [-0.39, 0.29) is 12.2 Å². The number of ether oxygens (including phenoxy) is 2. The van der Waals surface area contributed by atoms with Gasteiger partial charge in [0.25, 0.3) is 0 Å². The fourth-order valence-corrected chi connectivity index (χ4v) is 4.90. The molecule has 0 saturated heterocycles. The number of rotatable bonds is 10. The zero-order chi connectivity index (χ0) is 16.3. The van der Waals surface area contributed by atoms with E-state index in [2.05, 4.69) is 74.5 Å². The standard InChI is InChI=1S/C20H26O2Se/c1-3-21-19(17-11-7-5-8-12-17)15-23-16-20(22-4-2)18-13-9-6-10-14-18/h5-14,19-20H,3-4,15-16H2,1-2H3. The molecule has 2 unspecified atom stereocenters. The Morgan fingerprint density at radius 1 is 0.696 bits per heavy atom. The van der Waals surface area contributed by atoms with Gasteiger partial charge in [-0.2, -0.15) is 0 Å². The Bertz CT molecular complexity index is 480. The van der Waals surface area contributed by atoms with E-state index in [1.165, 1.54) is 11.1 Å². The van der Waals surface area contributed by atoms with Gasteiger partial charge in [-0.15, -0.1) is 0 Å². The molecule has 0 amide bonds. The molecule has 0 N–H and O–H groups in total. The van der Waals surface area contributed by atoms with Crippen molar-refractivity contribution in [3.63, 3.8) is 0 Å². The third-order valence-electron chi connectivity index (χ3n) is 3.62. The van der Waals surface area contributed by atoms with E-state index in [4.69, 9.17) is 9.47 Å². The molecule has 0 spiro atoms. The van der Waals surface area contributed by atoms with Gasteiger partial charge in [-0.1, -0.05) is 0 Å². The molecule has 2 nitrogen and oxygen atoms in total. The third-order valence-corrected chi connectivity index (χ3v) is 5.88. The van der Waals surface area contributed by atoms with E-state index in [1.807, 2.05) is 0 Å². The van der Waals surface area contributed by atoms with Crippen LogP contribution < -0.4 is 0 Å². The summed E-state index contributed by atoms with van der Waals surface area (Å²) in [6.45, 7) is 5.64. The van der Waals surface area contributed by atoms with Crippen molar-refractivity contribution in [1.82, 2.24) is 0 Å². The molecule has 0 saturated carbocycles. The Labute approximate surface area is 146 Å². The van der Waals surface area contributed by atoms with Gasteiger partial charge >= 0.3 is 146 Å². The van der Waals surface area contributed by atoms with Crippen LogP contribution in [-0.4, -0.2) is 28.2 Å². The van der Waals surface area contributed by atoms with Crippen molar-refractivity contribution in [3.05, 3.63) is 71.8 Å². The molecular formula is C20H26O2Se. The summed E-state index contributed by atoms with van der Waals surface area (Å²) in [5.74, 6) is 0. The Balaban J connectivity index is 1.92. The van der Waals surface area contributed by atoms with Crippen LogP contribution in [0.3, 0.4) is 0 Å². The first kappa shape index (κ1) is 18.2. The van der Waals surface area contributed by atoms with E-state index >= 15 is 0 Å². The molecule has 2 rings (SSSR count). The van der Waals surface area contributed by atoms with Crippen LogP contribution in [0.15, 0.2) is 60.7 Å². The van der Waals surface area contributed by atoms with Gasteiger partial charge in [-0.3, -0.25) is 0 Å². The summed E-state index contributed by atoms with van der Waals surface area (Å²) in [4.78, 5) is 0. The molecule has 0 heterocycles. The molecule has 2 atom stereocenters. The van der Waals surface area contributed by atoms with Crippen molar-refractivity contribution < 1.29 is 9.47 Å². The van der Waals surface area contributed by atoms with Gasteiger partial charge in [0.15, 0.2) is 0 Å². The molecule has 0 fully saturated rings. The zero-order valence-electron chi connectivity index (χ0n) is 14.0. The molecule has 124 valence electrons. The van der Waals surface area contributed by atoms with E-state index in [0.717, 1.165) is 23.9 Å². The molecule has 2 aromatic rings. The van der Waals surface area contributed by atoms with Crippen LogP contribution in [0.2, 0.25) is 10.6 Å². The Kier molecular flexibility index (Phi) is 8.41. The summed E-state index contributed by atoms with van der Waals surface area (Å²) in [5, 5.41) is 2.17. The molecule has 0 bridgehead atoms. The SMILES string of the molecule is CCOC(C[Se]CC(OCC)c1ccccc1)c1ccccc1. The van der Waals surface area contributed by atoms with Crippen LogP contribution in [0.25, 0.3) is 0 Å². The maximum absolute atomic E-state index is 5.95. The fraction of sp³-hybridized carbons (Fsp3) is 0.400. The van der Waals surface area contributed by atoms with E-state index in [1.54, 1.807) is 0 Å². The van der Waals surface area contributed by atoms with Crippen LogP contribution in [0.1, 0.15) is 37.2 Å². The Hall–Kier alpha value is -1.12. The van der Waals surface area contributed by atoms with Crippen LogP contribution in [-0.2, 0) is 9.47 Å². The topological polar surface area (TPSA) is 18.5 Å². The molecule has 0 aliphatic carbocycles. The number of benzene rings is 2. The average molecular weight is 377 g/mol. The Morgan fingerprint density at radius 3 is 1.43 bits per heavy atom. The summed E-state index contributed by atoms with van der Waals surface area (Å²) < 4.78 is 11.9. The van der Waals surface area contributed by atoms with Gasteiger partial charge in [0.05, 0.1) is 0 Å². The molecule has 0 aliphatic heterocycles. The van der Waals surface area contributed by atoms with E-state index in [0.29, 0.717) is 15.0 Å². The van der Waals surface area contributed by atoms with Gasteiger partial charge in [0.2, 0.25) is 0 Å². The number of hydrogen-bond donors (Lipinski definition) is 0. The molecular weight excluding hydrogens is 351 g/mol. The quantitative estimate of drug-likeness (QED) is 0.538. The van der Waals surface area contributed by atoms with Gasteiger partial charge in [0, 0.05) is 0 Å². The summed E-state index contributed by atoms with van der Waals surface area (Å²) in [6.07, 6.45) is 0.415. The van der Waals surface area contributed by atoms with Crippen LogP contribution in [0.4, 0.5) is 0 Å². The summed E-state index contributed by atoms with van der Waals surface area (Å²) in [7, 11) is 0. The van der Waals surface area contributed by atoms with Crippen LogP contribution in [0.5, 0.6) is 0 Å². The molecule has 0 aromatic heterocycles. The normalized spacial score (nSPS) is 13.7. The molecule has 23 heavy (non-hydrogen) atoms. The summed E-state index contributed by atoms with van der Waals surface area (Å²) in [5.41, 5.74) is 2.56.